The first-order valence-electron chi connectivity index (χ1n) is 9.71. The van der Waals surface area contributed by atoms with Gasteiger partial charge >= 0.3 is 11.9 Å². The van der Waals surface area contributed by atoms with Gasteiger partial charge in [-0.25, -0.2) is 4.79 Å². The van der Waals surface area contributed by atoms with Crippen LogP contribution >= 0.6 is 0 Å². The van der Waals surface area contributed by atoms with E-state index in [0.29, 0.717) is 6.42 Å². The number of aliphatic hydroxyl groups is 1. The van der Waals surface area contributed by atoms with E-state index in [1.54, 1.807) is 13.8 Å². The Hall–Kier alpha value is -2.73. The number of hydrogen-bond acceptors (Lipinski definition) is 7. The van der Waals surface area contributed by atoms with Gasteiger partial charge in [-0.2, -0.15) is 0 Å². The van der Waals surface area contributed by atoms with Crippen LogP contribution < -0.4 is 16.4 Å². The number of aliphatic hydroxyl groups excluding tert-OH is 1. The van der Waals surface area contributed by atoms with Gasteiger partial charge in [0.15, 0.2) is 0 Å². The number of aliphatic carboxylic acids is 2. The number of nitrogens with two attached hydrogens (primary N) is 1. The zero-order valence-electron chi connectivity index (χ0n) is 17.0. The summed E-state index contributed by atoms with van der Waals surface area (Å²) in [5.74, 6) is -4.79. The second-order valence-corrected chi connectivity index (χ2v) is 7.54. The van der Waals surface area contributed by atoms with Crippen LogP contribution in [0.15, 0.2) is 0 Å². The molecule has 0 bridgehead atoms. The zero-order valence-corrected chi connectivity index (χ0v) is 17.0. The van der Waals surface area contributed by atoms with Crippen molar-refractivity contribution in [3.05, 3.63) is 0 Å². The van der Waals surface area contributed by atoms with Gasteiger partial charge in [0, 0.05) is 13.0 Å². The van der Waals surface area contributed by atoms with E-state index >= 15 is 0 Å². The molecule has 4 atom stereocenters. The lowest BCUT2D eigenvalue weighted by atomic mass is 10.0. The summed E-state index contributed by atoms with van der Waals surface area (Å²) in [4.78, 5) is 61.0. The maximum absolute atomic E-state index is 13.0. The highest BCUT2D eigenvalue weighted by atomic mass is 16.4. The minimum Gasteiger partial charge on any atom is -0.481 e. The molecule has 4 unspecified atom stereocenters. The van der Waals surface area contributed by atoms with E-state index in [1.165, 1.54) is 4.90 Å². The van der Waals surface area contributed by atoms with Crippen LogP contribution in [0.25, 0.3) is 0 Å². The van der Waals surface area contributed by atoms with Crippen molar-refractivity contribution in [2.75, 3.05) is 13.2 Å². The average molecular weight is 430 g/mol. The Kier molecular flexibility index (Phi) is 9.66. The summed E-state index contributed by atoms with van der Waals surface area (Å²) >= 11 is 0. The smallest absolute Gasteiger partial charge is 0.328 e. The first-order valence-corrected chi connectivity index (χ1v) is 9.71. The van der Waals surface area contributed by atoms with E-state index in [9.17, 15) is 24.0 Å². The van der Waals surface area contributed by atoms with Gasteiger partial charge in [-0.1, -0.05) is 13.8 Å². The molecule has 0 aromatic rings. The number of carbonyl (C=O) groups is 5. The zero-order chi connectivity index (χ0) is 23.0. The summed E-state index contributed by atoms with van der Waals surface area (Å²) in [7, 11) is 0. The Morgan fingerprint density at radius 2 is 1.73 bits per heavy atom. The molecule has 170 valence electrons. The third kappa shape index (κ3) is 6.95. The van der Waals surface area contributed by atoms with E-state index < -0.39 is 60.4 Å². The highest BCUT2D eigenvalue weighted by molar-refractivity contribution is 5.94. The monoisotopic (exact) mass is 430 g/mol. The van der Waals surface area contributed by atoms with Crippen molar-refractivity contribution in [3.63, 3.8) is 0 Å². The highest BCUT2D eigenvalue weighted by Crippen LogP contribution is 2.20. The van der Waals surface area contributed by atoms with Crippen molar-refractivity contribution in [2.45, 2.75) is 63.7 Å². The number of carboxylic acids is 2. The standard InChI is InChI=1S/C18H30N4O8/c1-9(2)14(19)16(27)20-10(5-6-13(24)25)17(28)22-7-3-4-12(22)15(26)21-11(8-23)18(29)30/h9-12,14,23H,3-8,19H2,1-2H3,(H,20,27)(H,21,26)(H,24,25)(H,29,30). The van der Waals surface area contributed by atoms with Crippen LogP contribution in [-0.4, -0.2) is 87.2 Å². The van der Waals surface area contributed by atoms with Crippen LogP contribution in [0.3, 0.4) is 0 Å². The summed E-state index contributed by atoms with van der Waals surface area (Å²) in [5, 5.41) is 31.7. The van der Waals surface area contributed by atoms with Crippen LogP contribution in [0.5, 0.6) is 0 Å². The first kappa shape index (κ1) is 25.3. The third-order valence-electron chi connectivity index (χ3n) is 4.92. The van der Waals surface area contributed by atoms with Crippen LogP contribution in [-0.2, 0) is 24.0 Å². The topological polar surface area (TPSA) is 199 Å². The third-order valence-corrected chi connectivity index (χ3v) is 4.92. The number of nitrogens with zero attached hydrogens (tertiary/aromatic N) is 1. The fourth-order valence-corrected chi connectivity index (χ4v) is 3.05. The quantitative estimate of drug-likeness (QED) is 0.212. The molecule has 30 heavy (non-hydrogen) atoms. The van der Waals surface area contributed by atoms with Gasteiger partial charge in [0.1, 0.15) is 18.1 Å². The van der Waals surface area contributed by atoms with E-state index in [4.69, 9.17) is 21.1 Å². The molecular weight excluding hydrogens is 400 g/mol. The van der Waals surface area contributed by atoms with Crippen LogP contribution in [0.1, 0.15) is 39.5 Å². The molecule has 1 aliphatic rings. The van der Waals surface area contributed by atoms with Crippen LogP contribution in [0.4, 0.5) is 0 Å². The lowest BCUT2D eigenvalue weighted by molar-refractivity contribution is -0.146. The Morgan fingerprint density at radius 3 is 2.23 bits per heavy atom. The lowest BCUT2D eigenvalue weighted by Gasteiger charge is -2.30. The largest absolute Gasteiger partial charge is 0.481 e. The number of carbonyl (C=O) groups excluding carboxylic acids is 3. The molecule has 0 aromatic carbocycles. The molecule has 1 heterocycles. The number of nitrogens with one attached hydrogen (secondary N) is 2. The van der Waals surface area contributed by atoms with E-state index in [1.807, 2.05) is 0 Å². The van der Waals surface area contributed by atoms with Crippen molar-refractivity contribution in [2.24, 2.45) is 11.7 Å². The number of rotatable bonds is 11. The van der Waals surface area contributed by atoms with Crippen LogP contribution in [0, 0.1) is 5.92 Å². The highest BCUT2D eigenvalue weighted by Gasteiger charge is 2.39. The Bertz CT molecular complexity index is 669. The Balaban J connectivity index is 2.96. The van der Waals surface area contributed by atoms with Gasteiger partial charge in [-0.15, -0.1) is 0 Å². The minimum absolute atomic E-state index is 0.184. The van der Waals surface area contributed by atoms with E-state index in [-0.39, 0.29) is 31.7 Å². The van der Waals surface area contributed by atoms with Crippen LogP contribution in [0.2, 0.25) is 0 Å². The van der Waals surface area contributed by atoms with Crippen molar-refractivity contribution in [1.82, 2.24) is 15.5 Å². The molecule has 0 spiro atoms. The fraction of sp³-hybridized carbons (Fsp3) is 0.722. The second kappa shape index (κ2) is 11.5. The molecule has 7 N–H and O–H groups in total. The molecule has 0 aromatic heterocycles. The lowest BCUT2D eigenvalue weighted by Crippen LogP contribution is -2.57. The summed E-state index contributed by atoms with van der Waals surface area (Å²) in [6, 6.07) is -4.60. The van der Waals surface area contributed by atoms with Crippen molar-refractivity contribution < 1.29 is 39.3 Å². The second-order valence-electron chi connectivity index (χ2n) is 7.54. The van der Waals surface area contributed by atoms with Gasteiger partial charge < -0.3 is 36.6 Å². The van der Waals surface area contributed by atoms with Gasteiger partial charge in [-0.3, -0.25) is 19.2 Å². The van der Waals surface area contributed by atoms with E-state index in [0.717, 1.165) is 0 Å². The fourth-order valence-electron chi connectivity index (χ4n) is 3.05. The van der Waals surface area contributed by atoms with Gasteiger partial charge in [0.25, 0.3) is 0 Å². The summed E-state index contributed by atoms with van der Waals surface area (Å²) in [6.07, 6.45) is 0.153. The summed E-state index contributed by atoms with van der Waals surface area (Å²) in [5.41, 5.74) is 5.80. The summed E-state index contributed by atoms with van der Waals surface area (Å²) in [6.45, 7) is 2.81. The predicted molar refractivity (Wildman–Crippen MR) is 103 cm³/mol. The molecule has 1 saturated heterocycles. The molecule has 3 amide bonds. The van der Waals surface area contributed by atoms with E-state index in [2.05, 4.69) is 10.6 Å². The molecular formula is C18H30N4O8. The number of carboxylic acid groups (broad SMARTS) is 2. The molecule has 0 aliphatic carbocycles. The molecule has 0 saturated carbocycles. The maximum Gasteiger partial charge on any atom is 0.328 e. The number of hydrogen-bond donors (Lipinski definition) is 6. The molecule has 1 fully saturated rings. The maximum atomic E-state index is 13.0. The molecule has 0 radical (unpaired) electrons. The number of amides is 3. The number of likely N-dealkylation sites (tertiary alicyclic amines) is 1. The summed E-state index contributed by atoms with van der Waals surface area (Å²) < 4.78 is 0. The molecule has 1 rings (SSSR count). The van der Waals surface area contributed by atoms with Gasteiger partial charge in [-0.05, 0) is 25.2 Å². The SMILES string of the molecule is CC(C)C(N)C(=O)NC(CCC(=O)O)C(=O)N1CCCC1C(=O)NC(CO)C(=O)O. The molecule has 12 heteroatoms. The van der Waals surface area contributed by atoms with Crippen molar-refractivity contribution in [1.29, 1.82) is 0 Å². The molecule has 1 aliphatic heterocycles. The first-order chi connectivity index (χ1) is 14.0. The normalized spacial score (nSPS) is 19.1. The van der Waals surface area contributed by atoms with Crippen molar-refractivity contribution >= 4 is 29.7 Å². The minimum atomic E-state index is -1.51. The Morgan fingerprint density at radius 1 is 1.10 bits per heavy atom. The molecule has 12 nitrogen and oxygen atoms in total. The van der Waals surface area contributed by atoms with Gasteiger partial charge in [0.2, 0.25) is 17.7 Å². The van der Waals surface area contributed by atoms with Gasteiger partial charge in [0.05, 0.1) is 12.6 Å². The average Bonchev–Trinajstić information content (AvgIpc) is 3.17. The predicted octanol–water partition coefficient (Wildman–Crippen LogP) is -2.13. The van der Waals surface area contributed by atoms with Crippen molar-refractivity contribution in [3.8, 4) is 0 Å². The Labute approximate surface area is 173 Å².